The molecule has 1 fully saturated rings. The van der Waals surface area contributed by atoms with Gasteiger partial charge >= 0.3 is 0 Å². The summed E-state index contributed by atoms with van der Waals surface area (Å²) in [6, 6.07) is 0. The lowest BCUT2D eigenvalue weighted by Crippen LogP contribution is -2.54. The molecule has 1 aromatic heterocycles. The third-order valence-corrected chi connectivity index (χ3v) is 4.12. The first kappa shape index (κ1) is 16.0. The molecule has 0 saturated carbocycles. The van der Waals surface area contributed by atoms with E-state index in [9.17, 15) is 4.79 Å². The molecule has 0 aliphatic carbocycles. The van der Waals surface area contributed by atoms with E-state index in [4.69, 9.17) is 4.74 Å². The molecule has 1 N–H and O–H groups in total. The first-order chi connectivity index (χ1) is 10.0. The standard InChI is InChI=1S/C15H26N4O2/c1-15(2,18-7-5-4-6-8-18)14(20)17-13-11-16-19(12-13)9-10-21-3/h11-12H,4-10H2,1-3H3,(H,17,20). The second kappa shape index (κ2) is 7.04. The van der Waals surface area contributed by atoms with Crippen LogP contribution in [0.4, 0.5) is 5.69 Å². The van der Waals surface area contributed by atoms with Crippen LogP contribution in [0.3, 0.4) is 0 Å². The van der Waals surface area contributed by atoms with E-state index < -0.39 is 5.54 Å². The lowest BCUT2D eigenvalue weighted by atomic mass is 9.97. The van der Waals surface area contributed by atoms with Gasteiger partial charge in [-0.05, 0) is 39.8 Å². The number of amides is 1. The average molecular weight is 294 g/mol. The van der Waals surface area contributed by atoms with E-state index >= 15 is 0 Å². The first-order valence-corrected chi connectivity index (χ1v) is 7.62. The number of hydrogen-bond acceptors (Lipinski definition) is 4. The van der Waals surface area contributed by atoms with Gasteiger partial charge in [0, 0.05) is 13.3 Å². The van der Waals surface area contributed by atoms with E-state index in [0.29, 0.717) is 13.2 Å². The van der Waals surface area contributed by atoms with Crippen molar-refractivity contribution in [3.63, 3.8) is 0 Å². The zero-order valence-corrected chi connectivity index (χ0v) is 13.3. The van der Waals surface area contributed by atoms with Crippen LogP contribution in [0.25, 0.3) is 0 Å². The summed E-state index contributed by atoms with van der Waals surface area (Å²) >= 11 is 0. The number of methoxy groups -OCH3 is 1. The van der Waals surface area contributed by atoms with Gasteiger partial charge in [-0.3, -0.25) is 14.4 Å². The lowest BCUT2D eigenvalue weighted by Gasteiger charge is -2.39. The molecule has 1 saturated heterocycles. The SMILES string of the molecule is COCCn1cc(NC(=O)C(C)(C)N2CCCCC2)cn1. The van der Waals surface area contributed by atoms with Crippen molar-refractivity contribution in [1.29, 1.82) is 0 Å². The van der Waals surface area contributed by atoms with E-state index in [2.05, 4.69) is 15.3 Å². The van der Waals surface area contributed by atoms with Gasteiger partial charge in [0.25, 0.3) is 0 Å². The summed E-state index contributed by atoms with van der Waals surface area (Å²) in [4.78, 5) is 14.8. The van der Waals surface area contributed by atoms with Gasteiger partial charge in [-0.15, -0.1) is 0 Å². The van der Waals surface area contributed by atoms with Crippen LogP contribution in [0.5, 0.6) is 0 Å². The van der Waals surface area contributed by atoms with Crippen molar-refractivity contribution in [3.05, 3.63) is 12.4 Å². The van der Waals surface area contributed by atoms with Crippen LogP contribution in [-0.4, -0.2) is 52.9 Å². The molecule has 2 heterocycles. The molecule has 21 heavy (non-hydrogen) atoms. The van der Waals surface area contributed by atoms with Crippen molar-refractivity contribution >= 4 is 11.6 Å². The Morgan fingerprint density at radius 2 is 2.10 bits per heavy atom. The number of carbonyl (C=O) groups excluding carboxylic acids is 1. The van der Waals surface area contributed by atoms with E-state index in [0.717, 1.165) is 18.8 Å². The maximum Gasteiger partial charge on any atom is 0.244 e. The third-order valence-electron chi connectivity index (χ3n) is 4.12. The largest absolute Gasteiger partial charge is 0.383 e. The Bertz CT molecular complexity index is 464. The molecule has 0 aromatic carbocycles. The Morgan fingerprint density at radius 3 is 2.76 bits per heavy atom. The molecule has 118 valence electrons. The van der Waals surface area contributed by atoms with Crippen molar-refractivity contribution in [2.24, 2.45) is 0 Å². The number of carbonyl (C=O) groups is 1. The van der Waals surface area contributed by atoms with Gasteiger partial charge in [0.05, 0.1) is 30.6 Å². The van der Waals surface area contributed by atoms with Crippen molar-refractivity contribution in [3.8, 4) is 0 Å². The molecule has 2 rings (SSSR count). The highest BCUT2D eigenvalue weighted by atomic mass is 16.5. The van der Waals surface area contributed by atoms with Gasteiger partial charge in [-0.25, -0.2) is 0 Å². The fourth-order valence-electron chi connectivity index (χ4n) is 2.62. The number of piperidine rings is 1. The Morgan fingerprint density at radius 1 is 1.38 bits per heavy atom. The van der Waals surface area contributed by atoms with Crippen molar-refractivity contribution in [1.82, 2.24) is 14.7 Å². The molecular formula is C15H26N4O2. The molecule has 6 heteroatoms. The molecule has 1 aliphatic rings. The minimum Gasteiger partial charge on any atom is -0.383 e. The van der Waals surface area contributed by atoms with Gasteiger partial charge in [0.1, 0.15) is 0 Å². The molecule has 1 aromatic rings. The third kappa shape index (κ3) is 4.04. The molecule has 0 bridgehead atoms. The molecule has 0 radical (unpaired) electrons. The summed E-state index contributed by atoms with van der Waals surface area (Å²) < 4.78 is 6.79. The van der Waals surface area contributed by atoms with Crippen molar-refractivity contribution in [2.45, 2.75) is 45.2 Å². The zero-order valence-electron chi connectivity index (χ0n) is 13.3. The van der Waals surface area contributed by atoms with E-state index in [1.54, 1.807) is 18.0 Å². The molecule has 0 atom stereocenters. The second-order valence-corrected chi connectivity index (χ2v) is 6.05. The number of nitrogens with zero attached hydrogens (tertiary/aromatic N) is 3. The number of hydrogen-bond donors (Lipinski definition) is 1. The monoisotopic (exact) mass is 294 g/mol. The minimum atomic E-state index is -0.491. The zero-order chi connectivity index (χ0) is 15.3. The average Bonchev–Trinajstić information content (AvgIpc) is 2.93. The normalized spacial score (nSPS) is 16.9. The highest BCUT2D eigenvalue weighted by Gasteiger charge is 2.35. The maximum atomic E-state index is 12.5. The smallest absolute Gasteiger partial charge is 0.244 e. The summed E-state index contributed by atoms with van der Waals surface area (Å²) in [6.07, 6.45) is 7.13. The topological polar surface area (TPSA) is 59.4 Å². The van der Waals surface area contributed by atoms with Gasteiger partial charge in [0.2, 0.25) is 5.91 Å². The van der Waals surface area contributed by atoms with Crippen LogP contribution in [-0.2, 0) is 16.1 Å². The van der Waals surface area contributed by atoms with Gasteiger partial charge < -0.3 is 10.1 Å². The molecule has 0 spiro atoms. The summed E-state index contributed by atoms with van der Waals surface area (Å²) in [5.41, 5.74) is 0.246. The number of likely N-dealkylation sites (tertiary alicyclic amines) is 1. The highest BCUT2D eigenvalue weighted by molar-refractivity contribution is 5.97. The van der Waals surface area contributed by atoms with Crippen LogP contribution < -0.4 is 5.32 Å². The summed E-state index contributed by atoms with van der Waals surface area (Å²) in [6.45, 7) is 7.25. The van der Waals surface area contributed by atoms with E-state index in [-0.39, 0.29) is 5.91 Å². The molecular weight excluding hydrogens is 268 g/mol. The number of aromatic nitrogens is 2. The summed E-state index contributed by atoms with van der Waals surface area (Å²) in [5.74, 6) is 0.0238. The number of anilines is 1. The van der Waals surface area contributed by atoms with Crippen LogP contribution in [0.15, 0.2) is 12.4 Å². The van der Waals surface area contributed by atoms with Gasteiger partial charge in [-0.1, -0.05) is 6.42 Å². The summed E-state index contributed by atoms with van der Waals surface area (Å²) in [5, 5.41) is 7.18. The van der Waals surface area contributed by atoms with Crippen LogP contribution in [0.1, 0.15) is 33.1 Å². The highest BCUT2D eigenvalue weighted by Crippen LogP contribution is 2.22. The van der Waals surface area contributed by atoms with Gasteiger partial charge in [-0.2, -0.15) is 5.10 Å². The molecule has 6 nitrogen and oxygen atoms in total. The van der Waals surface area contributed by atoms with Gasteiger partial charge in [0.15, 0.2) is 0 Å². The lowest BCUT2D eigenvalue weighted by molar-refractivity contribution is -0.126. The maximum absolute atomic E-state index is 12.5. The predicted octanol–water partition coefficient (Wildman–Crippen LogP) is 1.73. The Balaban J connectivity index is 1.94. The first-order valence-electron chi connectivity index (χ1n) is 7.62. The predicted molar refractivity (Wildman–Crippen MR) is 82.2 cm³/mol. The van der Waals surface area contributed by atoms with E-state index in [1.807, 2.05) is 20.0 Å². The Hall–Kier alpha value is -1.40. The molecule has 1 amide bonds. The van der Waals surface area contributed by atoms with Crippen molar-refractivity contribution in [2.75, 3.05) is 32.1 Å². The fourth-order valence-corrected chi connectivity index (χ4v) is 2.62. The fraction of sp³-hybridized carbons (Fsp3) is 0.733. The van der Waals surface area contributed by atoms with Crippen LogP contribution >= 0.6 is 0 Å². The Kier molecular flexibility index (Phi) is 5.36. The molecule has 1 aliphatic heterocycles. The summed E-state index contributed by atoms with van der Waals surface area (Å²) in [7, 11) is 1.66. The number of nitrogens with one attached hydrogen (secondary N) is 1. The number of ether oxygens (including phenoxy) is 1. The van der Waals surface area contributed by atoms with E-state index in [1.165, 1.54) is 19.3 Å². The van der Waals surface area contributed by atoms with Crippen LogP contribution in [0, 0.1) is 0 Å². The quantitative estimate of drug-likeness (QED) is 0.868. The minimum absolute atomic E-state index is 0.0238. The van der Waals surface area contributed by atoms with Crippen molar-refractivity contribution < 1.29 is 9.53 Å². The Labute approximate surface area is 126 Å². The molecule has 0 unspecified atom stereocenters. The second-order valence-electron chi connectivity index (χ2n) is 6.05. The van der Waals surface area contributed by atoms with Crippen LogP contribution in [0.2, 0.25) is 0 Å². The number of rotatable bonds is 6.